The summed E-state index contributed by atoms with van der Waals surface area (Å²) < 4.78 is 0. The van der Waals surface area contributed by atoms with Crippen LogP contribution < -0.4 is 0 Å². The van der Waals surface area contributed by atoms with E-state index in [0.29, 0.717) is 11.3 Å². The first kappa shape index (κ1) is 12.9. The third-order valence-electron chi connectivity index (χ3n) is 4.72. The van der Waals surface area contributed by atoms with Gasteiger partial charge in [-0.2, -0.15) is 5.26 Å². The van der Waals surface area contributed by atoms with Crippen LogP contribution >= 0.6 is 0 Å². The van der Waals surface area contributed by atoms with Crippen LogP contribution in [0.25, 0.3) is 0 Å². The van der Waals surface area contributed by atoms with Crippen molar-refractivity contribution >= 4 is 0 Å². The van der Waals surface area contributed by atoms with Crippen LogP contribution in [0.3, 0.4) is 0 Å². The summed E-state index contributed by atoms with van der Waals surface area (Å²) in [4.78, 5) is 0. The first-order valence-corrected chi connectivity index (χ1v) is 7.27. The highest BCUT2D eigenvalue weighted by Gasteiger charge is 2.36. The fourth-order valence-corrected chi connectivity index (χ4v) is 3.46. The highest BCUT2D eigenvalue weighted by Crippen LogP contribution is 2.47. The second-order valence-corrected chi connectivity index (χ2v) is 6.10. The van der Waals surface area contributed by atoms with Crippen molar-refractivity contribution in [3.63, 3.8) is 0 Å². The summed E-state index contributed by atoms with van der Waals surface area (Å²) in [6.45, 7) is 2.38. The van der Waals surface area contributed by atoms with Gasteiger partial charge >= 0.3 is 0 Å². The van der Waals surface area contributed by atoms with Crippen molar-refractivity contribution in [3.8, 4) is 6.07 Å². The molecule has 2 atom stereocenters. The molecule has 20 heavy (non-hydrogen) atoms. The molecular weight excluding hydrogens is 242 g/mol. The highest BCUT2D eigenvalue weighted by atomic mass is 14.4. The third kappa shape index (κ3) is 2.34. The van der Waals surface area contributed by atoms with Crippen LogP contribution in [0, 0.1) is 11.3 Å². The van der Waals surface area contributed by atoms with Crippen molar-refractivity contribution in [2.24, 2.45) is 0 Å². The molecule has 1 aliphatic rings. The Morgan fingerprint density at radius 1 is 1.05 bits per heavy atom. The van der Waals surface area contributed by atoms with Gasteiger partial charge in [-0.3, -0.25) is 0 Å². The predicted octanol–water partition coefficient (Wildman–Crippen LogP) is 4.78. The van der Waals surface area contributed by atoms with Gasteiger partial charge in [-0.1, -0.05) is 49.4 Å². The minimum atomic E-state index is 0.291. The molecule has 0 aromatic heterocycles. The largest absolute Gasteiger partial charge is 0.192 e. The molecule has 0 N–H and O–H groups in total. The summed E-state index contributed by atoms with van der Waals surface area (Å²) in [5.74, 6) is 0.618. The lowest BCUT2D eigenvalue weighted by molar-refractivity contribution is 0.483. The van der Waals surface area contributed by atoms with E-state index < -0.39 is 0 Å². The number of nitriles is 1. The summed E-state index contributed by atoms with van der Waals surface area (Å²) in [5.41, 5.74) is 3.87. The number of benzene rings is 2. The van der Waals surface area contributed by atoms with E-state index in [0.717, 1.165) is 5.56 Å². The molecule has 1 saturated carbocycles. The van der Waals surface area contributed by atoms with Crippen molar-refractivity contribution in [2.75, 3.05) is 0 Å². The van der Waals surface area contributed by atoms with E-state index >= 15 is 0 Å². The molecule has 1 aliphatic carbocycles. The van der Waals surface area contributed by atoms with E-state index in [-0.39, 0.29) is 0 Å². The maximum atomic E-state index is 8.88. The van der Waals surface area contributed by atoms with Gasteiger partial charge in [-0.05, 0) is 53.9 Å². The van der Waals surface area contributed by atoms with E-state index in [1.807, 2.05) is 12.1 Å². The van der Waals surface area contributed by atoms with Crippen molar-refractivity contribution in [2.45, 2.75) is 37.5 Å². The van der Waals surface area contributed by atoms with Gasteiger partial charge in [0.05, 0.1) is 11.6 Å². The first-order valence-electron chi connectivity index (χ1n) is 7.27. The molecule has 0 spiro atoms. The van der Waals surface area contributed by atoms with E-state index in [9.17, 15) is 0 Å². The Labute approximate surface area is 120 Å². The molecule has 0 aliphatic heterocycles. The zero-order valence-electron chi connectivity index (χ0n) is 11.8. The lowest BCUT2D eigenvalue weighted by Crippen LogP contribution is -2.17. The SMILES string of the molecule is CC1(c2ccccc2)CCC(c2ccc(C#N)cc2)C1. The second-order valence-electron chi connectivity index (χ2n) is 6.10. The standard InChI is InChI=1S/C19H19N/c1-19(18-5-3-2-4-6-18)12-11-17(13-19)16-9-7-15(14-20)8-10-16/h2-10,17H,11-13H2,1H3. The number of nitrogens with zero attached hydrogens (tertiary/aromatic N) is 1. The smallest absolute Gasteiger partial charge is 0.0991 e. The topological polar surface area (TPSA) is 23.8 Å². The molecule has 1 nitrogen and oxygen atoms in total. The van der Waals surface area contributed by atoms with Gasteiger partial charge in [0.25, 0.3) is 0 Å². The average Bonchev–Trinajstić information content (AvgIpc) is 2.92. The van der Waals surface area contributed by atoms with Gasteiger partial charge in [-0.25, -0.2) is 0 Å². The zero-order chi connectivity index (χ0) is 14.0. The Kier molecular flexibility index (Phi) is 3.32. The summed E-state index contributed by atoms with van der Waals surface area (Å²) >= 11 is 0. The monoisotopic (exact) mass is 261 g/mol. The quantitative estimate of drug-likeness (QED) is 0.763. The molecule has 2 aromatic carbocycles. The van der Waals surface area contributed by atoms with Gasteiger partial charge in [0, 0.05) is 0 Å². The number of rotatable bonds is 2. The summed E-state index contributed by atoms with van der Waals surface area (Å²) in [7, 11) is 0. The van der Waals surface area contributed by atoms with Crippen LogP contribution in [0.1, 0.15) is 48.8 Å². The molecule has 0 saturated heterocycles. The maximum absolute atomic E-state index is 8.88. The molecule has 2 unspecified atom stereocenters. The molecule has 0 bridgehead atoms. The van der Waals surface area contributed by atoms with Crippen LogP contribution in [0.4, 0.5) is 0 Å². The minimum Gasteiger partial charge on any atom is -0.192 e. The zero-order valence-corrected chi connectivity index (χ0v) is 11.8. The fraction of sp³-hybridized carbons (Fsp3) is 0.316. The summed E-state index contributed by atoms with van der Waals surface area (Å²) in [6.07, 6.45) is 3.67. The molecule has 0 heterocycles. The van der Waals surface area contributed by atoms with Crippen molar-refractivity contribution in [3.05, 3.63) is 71.3 Å². The summed E-state index contributed by atoms with van der Waals surface area (Å²) in [5, 5.41) is 8.88. The maximum Gasteiger partial charge on any atom is 0.0991 e. The van der Waals surface area contributed by atoms with Crippen LogP contribution in [0.5, 0.6) is 0 Å². The van der Waals surface area contributed by atoms with E-state index in [1.54, 1.807) is 0 Å². The van der Waals surface area contributed by atoms with Crippen molar-refractivity contribution in [1.82, 2.24) is 0 Å². The molecule has 3 rings (SSSR count). The molecule has 1 fully saturated rings. The van der Waals surface area contributed by atoms with Crippen molar-refractivity contribution in [1.29, 1.82) is 5.26 Å². The van der Waals surface area contributed by atoms with Crippen LogP contribution in [0.2, 0.25) is 0 Å². The normalized spacial score (nSPS) is 25.3. The Balaban J connectivity index is 1.81. The highest BCUT2D eigenvalue weighted by molar-refractivity contribution is 5.35. The number of hydrogen-bond acceptors (Lipinski definition) is 1. The van der Waals surface area contributed by atoms with Crippen molar-refractivity contribution < 1.29 is 0 Å². The number of hydrogen-bond donors (Lipinski definition) is 0. The van der Waals surface area contributed by atoms with Crippen LogP contribution in [-0.2, 0) is 5.41 Å². The molecular formula is C19H19N. The van der Waals surface area contributed by atoms with Gasteiger partial charge in [0.2, 0.25) is 0 Å². The summed E-state index contributed by atoms with van der Waals surface area (Å²) in [6, 6.07) is 21.2. The molecule has 100 valence electrons. The lowest BCUT2D eigenvalue weighted by Gasteiger charge is -2.25. The van der Waals surface area contributed by atoms with E-state index in [2.05, 4.69) is 55.5 Å². The Morgan fingerprint density at radius 3 is 2.40 bits per heavy atom. The molecule has 0 amide bonds. The minimum absolute atomic E-state index is 0.291. The first-order chi connectivity index (χ1) is 9.71. The fourth-order valence-electron chi connectivity index (χ4n) is 3.46. The van der Waals surface area contributed by atoms with E-state index in [1.165, 1.54) is 30.4 Å². The van der Waals surface area contributed by atoms with Gasteiger partial charge in [0.15, 0.2) is 0 Å². The molecule has 2 aromatic rings. The Bertz CT molecular complexity index is 621. The van der Waals surface area contributed by atoms with Crippen LogP contribution in [0.15, 0.2) is 54.6 Å². The predicted molar refractivity (Wildman–Crippen MR) is 81.5 cm³/mol. The second kappa shape index (κ2) is 5.13. The van der Waals surface area contributed by atoms with Gasteiger partial charge < -0.3 is 0 Å². The molecule has 1 heteroatoms. The third-order valence-corrected chi connectivity index (χ3v) is 4.72. The van der Waals surface area contributed by atoms with Gasteiger partial charge in [0.1, 0.15) is 0 Å². The molecule has 0 radical (unpaired) electrons. The Hall–Kier alpha value is -2.07. The van der Waals surface area contributed by atoms with E-state index in [4.69, 9.17) is 5.26 Å². The Morgan fingerprint density at radius 2 is 1.75 bits per heavy atom. The average molecular weight is 261 g/mol. The lowest BCUT2D eigenvalue weighted by atomic mass is 9.79. The van der Waals surface area contributed by atoms with Crippen LogP contribution in [-0.4, -0.2) is 0 Å². The van der Waals surface area contributed by atoms with Gasteiger partial charge in [-0.15, -0.1) is 0 Å².